The van der Waals surface area contributed by atoms with Crippen molar-refractivity contribution in [1.82, 2.24) is 10.2 Å². The third-order valence-corrected chi connectivity index (χ3v) is 4.67. The average molecular weight is 237 g/mol. The van der Waals surface area contributed by atoms with Crippen molar-refractivity contribution in [3.05, 3.63) is 0 Å². The van der Waals surface area contributed by atoms with Crippen LogP contribution in [0.2, 0.25) is 0 Å². The van der Waals surface area contributed by atoms with Gasteiger partial charge in [0.15, 0.2) is 5.96 Å². The Balaban J connectivity index is 1.83. The molecule has 1 aliphatic heterocycles. The van der Waals surface area contributed by atoms with Crippen molar-refractivity contribution in [2.45, 2.75) is 39.5 Å². The number of guanidine groups is 1. The van der Waals surface area contributed by atoms with E-state index < -0.39 is 0 Å². The number of aliphatic imine (C=N–C) groups is 1. The molecule has 2 aliphatic rings. The molecule has 3 nitrogen and oxygen atoms in total. The van der Waals surface area contributed by atoms with Crippen LogP contribution in [0.4, 0.5) is 0 Å². The lowest BCUT2D eigenvalue weighted by Gasteiger charge is -2.35. The summed E-state index contributed by atoms with van der Waals surface area (Å²) in [6.07, 6.45) is 5.40. The molecule has 1 N–H and O–H groups in total. The van der Waals surface area contributed by atoms with Gasteiger partial charge < -0.3 is 10.2 Å². The van der Waals surface area contributed by atoms with E-state index in [-0.39, 0.29) is 0 Å². The number of hydrogen-bond donors (Lipinski definition) is 1. The summed E-state index contributed by atoms with van der Waals surface area (Å²) < 4.78 is 0. The van der Waals surface area contributed by atoms with Crippen LogP contribution in [-0.2, 0) is 0 Å². The van der Waals surface area contributed by atoms with E-state index in [0.717, 1.165) is 43.3 Å². The molecule has 0 bridgehead atoms. The zero-order chi connectivity index (χ0) is 12.3. The highest BCUT2D eigenvalue weighted by atomic mass is 15.3. The summed E-state index contributed by atoms with van der Waals surface area (Å²) in [5, 5.41) is 3.57. The van der Waals surface area contributed by atoms with Crippen LogP contribution in [0.1, 0.15) is 39.5 Å². The van der Waals surface area contributed by atoms with Crippen LogP contribution in [0.5, 0.6) is 0 Å². The Labute approximate surface area is 106 Å². The first-order valence-electron chi connectivity index (χ1n) is 7.18. The van der Waals surface area contributed by atoms with Gasteiger partial charge in [-0.3, -0.25) is 4.99 Å². The largest absolute Gasteiger partial charge is 0.356 e. The number of rotatable bonds is 2. The van der Waals surface area contributed by atoms with Gasteiger partial charge in [0, 0.05) is 26.7 Å². The summed E-state index contributed by atoms with van der Waals surface area (Å²) in [6, 6.07) is 0. The van der Waals surface area contributed by atoms with Crippen LogP contribution in [0.15, 0.2) is 4.99 Å². The topological polar surface area (TPSA) is 27.6 Å². The molecule has 0 aromatic rings. The smallest absolute Gasteiger partial charge is 0.193 e. The molecule has 0 saturated heterocycles. The van der Waals surface area contributed by atoms with Crippen LogP contribution in [0.25, 0.3) is 0 Å². The third kappa shape index (κ3) is 3.14. The van der Waals surface area contributed by atoms with Crippen molar-refractivity contribution < 1.29 is 0 Å². The van der Waals surface area contributed by atoms with E-state index in [1.54, 1.807) is 0 Å². The number of hydrogen-bond acceptors (Lipinski definition) is 3. The lowest BCUT2D eigenvalue weighted by atomic mass is 9.74. The summed E-state index contributed by atoms with van der Waals surface area (Å²) >= 11 is 0. The summed E-state index contributed by atoms with van der Waals surface area (Å²) in [6.45, 7) is 8.06. The standard InChI is InChI=1S/C14H27N3/c1-11-6-4-7-13(12(11)2)10-16-14-15-8-5-9-17(14)3/h11-13H,4-10H2,1-3H3,(H,15,16). The maximum atomic E-state index is 4.57. The van der Waals surface area contributed by atoms with Gasteiger partial charge in [-0.15, -0.1) is 0 Å². The van der Waals surface area contributed by atoms with E-state index in [4.69, 9.17) is 0 Å². The van der Waals surface area contributed by atoms with Gasteiger partial charge in [-0.2, -0.15) is 0 Å². The fourth-order valence-electron chi connectivity index (χ4n) is 3.11. The van der Waals surface area contributed by atoms with Crippen LogP contribution in [-0.4, -0.2) is 37.5 Å². The van der Waals surface area contributed by atoms with E-state index in [2.05, 4.69) is 36.1 Å². The highest BCUT2D eigenvalue weighted by Gasteiger charge is 2.27. The van der Waals surface area contributed by atoms with E-state index >= 15 is 0 Å². The van der Waals surface area contributed by atoms with Gasteiger partial charge in [-0.25, -0.2) is 0 Å². The van der Waals surface area contributed by atoms with Gasteiger partial charge in [0.2, 0.25) is 0 Å². The fraction of sp³-hybridized carbons (Fsp3) is 0.929. The second kappa shape index (κ2) is 5.74. The molecule has 3 heteroatoms. The molecule has 3 unspecified atom stereocenters. The zero-order valence-electron chi connectivity index (χ0n) is 11.6. The van der Waals surface area contributed by atoms with Gasteiger partial charge in [-0.1, -0.05) is 26.7 Å². The quantitative estimate of drug-likeness (QED) is 0.798. The van der Waals surface area contributed by atoms with Gasteiger partial charge in [-0.05, 0) is 30.6 Å². The van der Waals surface area contributed by atoms with E-state index in [1.165, 1.54) is 25.7 Å². The van der Waals surface area contributed by atoms with Gasteiger partial charge in [0.25, 0.3) is 0 Å². The van der Waals surface area contributed by atoms with Crippen molar-refractivity contribution in [2.24, 2.45) is 22.7 Å². The van der Waals surface area contributed by atoms with Gasteiger partial charge >= 0.3 is 0 Å². The molecule has 2 rings (SSSR count). The number of nitrogens with one attached hydrogen (secondary N) is 1. The average Bonchev–Trinajstić information content (AvgIpc) is 2.33. The third-order valence-electron chi connectivity index (χ3n) is 4.67. The summed E-state index contributed by atoms with van der Waals surface area (Å²) in [5.41, 5.74) is 0. The predicted octanol–water partition coefficient (Wildman–Crippen LogP) is 2.34. The summed E-state index contributed by atoms with van der Waals surface area (Å²) in [4.78, 5) is 6.82. The molecule has 17 heavy (non-hydrogen) atoms. The molecular formula is C14H27N3. The Morgan fingerprint density at radius 3 is 2.88 bits per heavy atom. The zero-order valence-corrected chi connectivity index (χ0v) is 11.6. The molecule has 3 atom stereocenters. The van der Waals surface area contributed by atoms with Crippen LogP contribution in [0.3, 0.4) is 0 Å². The van der Waals surface area contributed by atoms with E-state index in [1.807, 2.05) is 0 Å². The highest BCUT2D eigenvalue weighted by molar-refractivity contribution is 5.80. The minimum absolute atomic E-state index is 0.830. The van der Waals surface area contributed by atoms with Gasteiger partial charge in [0.1, 0.15) is 0 Å². The fourth-order valence-corrected chi connectivity index (χ4v) is 3.11. The molecule has 0 aromatic carbocycles. The SMILES string of the molecule is CC1CCCC(CNC2=NCCCN2C)C1C. The predicted molar refractivity (Wildman–Crippen MR) is 73.2 cm³/mol. The van der Waals surface area contributed by atoms with Crippen LogP contribution in [0, 0.1) is 17.8 Å². The van der Waals surface area contributed by atoms with E-state index in [0.29, 0.717) is 0 Å². The minimum atomic E-state index is 0.830. The molecule has 0 spiro atoms. The lowest BCUT2D eigenvalue weighted by molar-refractivity contribution is 0.182. The van der Waals surface area contributed by atoms with Crippen molar-refractivity contribution in [2.75, 3.05) is 26.7 Å². The molecule has 0 aromatic heterocycles. The Hall–Kier alpha value is -0.730. The monoisotopic (exact) mass is 237 g/mol. The molecular weight excluding hydrogens is 210 g/mol. The van der Waals surface area contributed by atoms with Gasteiger partial charge in [0.05, 0.1) is 0 Å². The maximum absolute atomic E-state index is 4.57. The maximum Gasteiger partial charge on any atom is 0.193 e. The number of nitrogens with zero attached hydrogens (tertiary/aromatic N) is 2. The Morgan fingerprint density at radius 1 is 1.29 bits per heavy atom. The Bertz CT molecular complexity index is 275. The molecule has 0 amide bonds. The normalized spacial score (nSPS) is 34.4. The molecule has 1 saturated carbocycles. The molecule has 1 heterocycles. The second-order valence-electron chi connectivity index (χ2n) is 5.89. The first kappa shape index (κ1) is 12.7. The van der Waals surface area contributed by atoms with Crippen LogP contribution >= 0.6 is 0 Å². The van der Waals surface area contributed by atoms with Crippen molar-refractivity contribution >= 4 is 5.96 Å². The minimum Gasteiger partial charge on any atom is -0.356 e. The van der Waals surface area contributed by atoms with Crippen molar-refractivity contribution in [3.8, 4) is 0 Å². The lowest BCUT2D eigenvalue weighted by Crippen LogP contribution is -2.45. The first-order valence-corrected chi connectivity index (χ1v) is 7.18. The highest BCUT2D eigenvalue weighted by Crippen LogP contribution is 2.33. The van der Waals surface area contributed by atoms with Crippen molar-refractivity contribution in [1.29, 1.82) is 0 Å². The van der Waals surface area contributed by atoms with Crippen molar-refractivity contribution in [3.63, 3.8) is 0 Å². The van der Waals surface area contributed by atoms with E-state index in [9.17, 15) is 0 Å². The summed E-state index contributed by atoms with van der Waals surface area (Å²) in [5.74, 6) is 3.69. The Kier molecular flexibility index (Phi) is 4.30. The first-order chi connectivity index (χ1) is 8.18. The Morgan fingerprint density at radius 2 is 2.12 bits per heavy atom. The second-order valence-corrected chi connectivity index (χ2v) is 5.89. The molecule has 1 aliphatic carbocycles. The molecule has 98 valence electrons. The van der Waals surface area contributed by atoms with Crippen LogP contribution < -0.4 is 5.32 Å². The molecule has 0 radical (unpaired) electrons. The molecule has 1 fully saturated rings. The summed E-state index contributed by atoms with van der Waals surface area (Å²) in [7, 11) is 2.14.